The Balaban J connectivity index is 2.06. The Bertz CT molecular complexity index is 751. The predicted octanol–water partition coefficient (Wildman–Crippen LogP) is 3.95. The Morgan fingerprint density at radius 1 is 1.05 bits per heavy atom. The van der Waals surface area contributed by atoms with Crippen molar-refractivity contribution in [2.45, 2.75) is 0 Å². The van der Waals surface area contributed by atoms with Gasteiger partial charge in [-0.2, -0.15) is 0 Å². The van der Waals surface area contributed by atoms with Crippen LogP contribution in [0.4, 0.5) is 5.00 Å². The maximum Gasteiger partial charge on any atom is 0.126 e. The van der Waals surface area contributed by atoms with Gasteiger partial charge in [0.05, 0.1) is 12.8 Å². The van der Waals surface area contributed by atoms with Crippen LogP contribution in [-0.4, -0.2) is 31.2 Å². The summed E-state index contributed by atoms with van der Waals surface area (Å²) in [7, 11) is 5.72. The molecule has 0 N–H and O–H groups in total. The molecule has 2 aromatic heterocycles. The van der Waals surface area contributed by atoms with Gasteiger partial charge < -0.3 is 9.64 Å². The van der Waals surface area contributed by atoms with Crippen molar-refractivity contribution >= 4 is 16.3 Å². The molecule has 5 heteroatoms. The number of ether oxygens (including phenoxy) is 1. The highest BCUT2D eigenvalue weighted by Gasteiger charge is 2.16. The van der Waals surface area contributed by atoms with Gasteiger partial charge in [-0.1, -0.05) is 17.4 Å². The van der Waals surface area contributed by atoms with Crippen LogP contribution < -0.4 is 9.64 Å². The van der Waals surface area contributed by atoms with Crippen LogP contribution in [0.1, 0.15) is 0 Å². The van der Waals surface area contributed by atoms with Gasteiger partial charge in [-0.3, -0.25) is 4.98 Å². The molecule has 0 saturated carbocycles. The van der Waals surface area contributed by atoms with Gasteiger partial charge in [0.2, 0.25) is 0 Å². The molecule has 0 radical (unpaired) electrons. The van der Waals surface area contributed by atoms with Crippen LogP contribution in [0.3, 0.4) is 0 Å². The van der Waals surface area contributed by atoms with Crippen molar-refractivity contribution in [2.24, 2.45) is 0 Å². The zero-order valence-corrected chi connectivity index (χ0v) is 13.6. The number of hydrogen-bond acceptors (Lipinski definition) is 5. The second-order valence-corrected chi connectivity index (χ2v) is 5.99. The Hall–Kier alpha value is -2.40. The van der Waals surface area contributed by atoms with Gasteiger partial charge in [0.1, 0.15) is 21.5 Å². The van der Waals surface area contributed by atoms with Crippen molar-refractivity contribution in [3.05, 3.63) is 48.7 Å². The minimum absolute atomic E-state index is 0.845. The van der Waals surface area contributed by atoms with E-state index in [0.29, 0.717) is 0 Å². The van der Waals surface area contributed by atoms with Gasteiger partial charge in [0, 0.05) is 25.9 Å². The van der Waals surface area contributed by atoms with E-state index in [-0.39, 0.29) is 0 Å². The molecule has 0 saturated heterocycles. The molecule has 0 unspecified atom stereocenters. The van der Waals surface area contributed by atoms with Crippen LogP contribution in [0, 0.1) is 0 Å². The maximum absolute atomic E-state index is 5.21. The SMILES string of the molecule is COc1ccc(-c2nc(-c3ccccn3)c(N(C)C)s2)cc1. The third-order valence-corrected chi connectivity index (χ3v) is 4.53. The number of benzene rings is 1. The van der Waals surface area contributed by atoms with E-state index in [4.69, 9.17) is 9.72 Å². The predicted molar refractivity (Wildman–Crippen MR) is 91.7 cm³/mol. The zero-order chi connectivity index (χ0) is 15.5. The molecule has 0 atom stereocenters. The Kier molecular flexibility index (Phi) is 4.06. The van der Waals surface area contributed by atoms with Crippen LogP contribution in [0.5, 0.6) is 5.75 Å². The molecule has 22 heavy (non-hydrogen) atoms. The summed E-state index contributed by atoms with van der Waals surface area (Å²) in [6.45, 7) is 0. The fourth-order valence-corrected chi connectivity index (χ4v) is 3.15. The molecular weight excluding hydrogens is 294 g/mol. The largest absolute Gasteiger partial charge is 0.497 e. The lowest BCUT2D eigenvalue weighted by atomic mass is 10.2. The number of nitrogens with zero attached hydrogens (tertiary/aromatic N) is 3. The van der Waals surface area contributed by atoms with Gasteiger partial charge in [0.25, 0.3) is 0 Å². The number of pyridine rings is 1. The highest BCUT2D eigenvalue weighted by Crippen LogP contribution is 2.38. The fourth-order valence-electron chi connectivity index (χ4n) is 2.14. The molecule has 4 nitrogen and oxygen atoms in total. The van der Waals surface area contributed by atoms with Gasteiger partial charge in [0.15, 0.2) is 0 Å². The van der Waals surface area contributed by atoms with E-state index in [2.05, 4.69) is 9.88 Å². The quantitative estimate of drug-likeness (QED) is 0.731. The van der Waals surface area contributed by atoms with Crippen LogP contribution in [0.25, 0.3) is 22.0 Å². The van der Waals surface area contributed by atoms with E-state index in [9.17, 15) is 0 Å². The van der Waals surface area contributed by atoms with E-state index in [1.807, 2.05) is 56.6 Å². The smallest absolute Gasteiger partial charge is 0.126 e. The van der Waals surface area contributed by atoms with E-state index in [1.165, 1.54) is 0 Å². The standard InChI is InChI=1S/C17H17N3OS/c1-20(2)17-15(14-6-4-5-11-18-14)19-16(22-17)12-7-9-13(21-3)10-8-12/h4-11H,1-3H3. The number of aromatic nitrogens is 2. The van der Waals surface area contributed by atoms with Crippen LogP contribution >= 0.6 is 11.3 Å². The monoisotopic (exact) mass is 311 g/mol. The van der Waals surface area contributed by atoms with Crippen LogP contribution in [0.2, 0.25) is 0 Å². The highest BCUT2D eigenvalue weighted by molar-refractivity contribution is 7.19. The maximum atomic E-state index is 5.21. The molecule has 3 rings (SSSR count). The molecule has 2 heterocycles. The second-order valence-electron chi connectivity index (χ2n) is 5.01. The van der Waals surface area contributed by atoms with Crippen molar-refractivity contribution in [2.75, 3.05) is 26.1 Å². The molecule has 1 aromatic carbocycles. The lowest BCUT2D eigenvalue weighted by molar-refractivity contribution is 0.415. The lowest BCUT2D eigenvalue weighted by Crippen LogP contribution is -2.08. The van der Waals surface area contributed by atoms with Crippen molar-refractivity contribution in [1.82, 2.24) is 9.97 Å². The first-order valence-corrected chi connectivity index (χ1v) is 7.74. The first-order valence-electron chi connectivity index (χ1n) is 6.93. The number of anilines is 1. The molecule has 0 bridgehead atoms. The van der Waals surface area contributed by atoms with E-state index >= 15 is 0 Å². The van der Waals surface area contributed by atoms with Crippen molar-refractivity contribution < 1.29 is 4.74 Å². The van der Waals surface area contributed by atoms with E-state index in [1.54, 1.807) is 24.6 Å². The average Bonchev–Trinajstić information content (AvgIpc) is 3.01. The van der Waals surface area contributed by atoms with E-state index < -0.39 is 0 Å². The summed E-state index contributed by atoms with van der Waals surface area (Å²) in [4.78, 5) is 11.3. The van der Waals surface area contributed by atoms with Crippen molar-refractivity contribution in [3.63, 3.8) is 0 Å². The van der Waals surface area contributed by atoms with Gasteiger partial charge >= 0.3 is 0 Å². The summed E-state index contributed by atoms with van der Waals surface area (Å²) in [6, 6.07) is 13.8. The molecule has 0 aliphatic heterocycles. The molecule has 0 fully saturated rings. The summed E-state index contributed by atoms with van der Waals surface area (Å²) in [5.41, 5.74) is 2.89. The van der Waals surface area contributed by atoms with Gasteiger partial charge in [-0.15, -0.1) is 0 Å². The third kappa shape index (κ3) is 2.80. The lowest BCUT2D eigenvalue weighted by Gasteiger charge is -2.10. The summed E-state index contributed by atoms with van der Waals surface area (Å²) in [5.74, 6) is 0.845. The first kappa shape index (κ1) is 14.5. The average molecular weight is 311 g/mol. The number of methoxy groups -OCH3 is 1. The minimum Gasteiger partial charge on any atom is -0.497 e. The van der Waals surface area contributed by atoms with E-state index in [0.717, 1.165) is 32.7 Å². The molecule has 0 aliphatic rings. The number of hydrogen-bond donors (Lipinski definition) is 0. The fraction of sp³-hybridized carbons (Fsp3) is 0.176. The van der Waals surface area contributed by atoms with Crippen LogP contribution in [-0.2, 0) is 0 Å². The topological polar surface area (TPSA) is 38.3 Å². The molecule has 0 aliphatic carbocycles. The summed E-state index contributed by atoms with van der Waals surface area (Å²) >= 11 is 1.66. The molecular formula is C17H17N3OS. The normalized spacial score (nSPS) is 10.5. The van der Waals surface area contributed by atoms with Gasteiger partial charge in [-0.25, -0.2) is 4.98 Å². The van der Waals surface area contributed by atoms with Crippen molar-refractivity contribution in [1.29, 1.82) is 0 Å². The summed E-state index contributed by atoms with van der Waals surface area (Å²) < 4.78 is 5.21. The Labute approximate surface area is 134 Å². The zero-order valence-electron chi connectivity index (χ0n) is 12.8. The first-order chi connectivity index (χ1) is 10.7. The van der Waals surface area contributed by atoms with Crippen LogP contribution in [0.15, 0.2) is 48.7 Å². The molecule has 112 valence electrons. The minimum atomic E-state index is 0.845. The second kappa shape index (κ2) is 6.15. The van der Waals surface area contributed by atoms with Crippen molar-refractivity contribution in [3.8, 4) is 27.7 Å². The third-order valence-electron chi connectivity index (χ3n) is 3.26. The number of thiazole rings is 1. The Morgan fingerprint density at radius 3 is 2.41 bits per heavy atom. The summed E-state index contributed by atoms with van der Waals surface area (Å²) in [5, 5.41) is 2.08. The summed E-state index contributed by atoms with van der Waals surface area (Å²) in [6.07, 6.45) is 1.79. The molecule has 0 amide bonds. The molecule has 3 aromatic rings. The highest BCUT2D eigenvalue weighted by atomic mass is 32.1. The van der Waals surface area contributed by atoms with Gasteiger partial charge in [-0.05, 0) is 36.4 Å². The molecule has 0 spiro atoms. The number of rotatable bonds is 4. The Morgan fingerprint density at radius 2 is 1.82 bits per heavy atom.